The highest BCUT2D eigenvalue weighted by Gasteiger charge is 2.50. The van der Waals surface area contributed by atoms with E-state index in [0.717, 1.165) is 0 Å². The molecule has 6 atom stereocenters. The van der Waals surface area contributed by atoms with Crippen molar-refractivity contribution in [1.82, 2.24) is 0 Å². The first kappa shape index (κ1) is 13.2. The van der Waals surface area contributed by atoms with Gasteiger partial charge in [0.15, 0.2) is 0 Å². The summed E-state index contributed by atoms with van der Waals surface area (Å²) in [5, 5.41) is 47.1. The van der Waals surface area contributed by atoms with E-state index in [-0.39, 0.29) is 0 Å². The molecule has 5 N–H and O–H groups in total. The molecule has 6 unspecified atom stereocenters. The van der Waals surface area contributed by atoms with Crippen molar-refractivity contribution in [3.05, 3.63) is 0 Å². The highest BCUT2D eigenvalue weighted by molar-refractivity contribution is 5.95. The van der Waals surface area contributed by atoms with Crippen LogP contribution < -0.4 is 0 Å². The summed E-state index contributed by atoms with van der Waals surface area (Å²) >= 11 is 0. The Labute approximate surface area is 101 Å². The monoisotopic (exact) mass is 263 g/mol. The lowest BCUT2D eigenvalue weighted by Crippen LogP contribution is -2.62. The van der Waals surface area contributed by atoms with Gasteiger partial charge in [0, 0.05) is 0 Å². The first-order valence-corrected chi connectivity index (χ1v) is 5.24. The van der Waals surface area contributed by atoms with Gasteiger partial charge in [0.25, 0.3) is 0 Å². The molecule has 1 fully saturated rings. The predicted octanol–water partition coefficient (Wildman–Crippen LogP) is -2.70. The maximum absolute atomic E-state index is 10.8. The van der Waals surface area contributed by atoms with Crippen molar-refractivity contribution in [2.45, 2.75) is 36.6 Å². The Morgan fingerprint density at radius 2 is 1.83 bits per heavy atom. The quantitative estimate of drug-likeness (QED) is 0.361. The number of aliphatic hydroxyl groups is 5. The molecule has 0 aromatic carbocycles. The van der Waals surface area contributed by atoms with Crippen molar-refractivity contribution in [2.24, 2.45) is 4.99 Å². The molecule has 9 heteroatoms. The van der Waals surface area contributed by atoms with E-state index in [9.17, 15) is 25.2 Å². The maximum Gasteiger partial charge on any atom is 0.437 e. The lowest BCUT2D eigenvalue weighted by molar-refractivity contribution is -0.241. The second-order valence-corrected chi connectivity index (χ2v) is 4.07. The molecule has 1 amide bonds. The fourth-order valence-electron chi connectivity index (χ4n) is 1.94. The van der Waals surface area contributed by atoms with Gasteiger partial charge in [-0.25, -0.2) is 4.79 Å². The summed E-state index contributed by atoms with van der Waals surface area (Å²) in [6.07, 6.45) is -9.60. The number of rotatable bonds is 2. The fourth-order valence-corrected chi connectivity index (χ4v) is 1.94. The van der Waals surface area contributed by atoms with Crippen LogP contribution in [0.25, 0.3) is 0 Å². The van der Waals surface area contributed by atoms with Crippen molar-refractivity contribution >= 4 is 12.0 Å². The largest absolute Gasteiger partial charge is 0.493 e. The van der Waals surface area contributed by atoms with Crippen LogP contribution >= 0.6 is 0 Å². The zero-order valence-corrected chi connectivity index (χ0v) is 9.08. The Morgan fingerprint density at radius 1 is 1.17 bits per heavy atom. The molecule has 0 radical (unpaired) electrons. The molecule has 2 aliphatic heterocycles. The summed E-state index contributed by atoms with van der Waals surface area (Å²) in [5.74, 6) is -0.690. The minimum absolute atomic E-state index is 0.611. The van der Waals surface area contributed by atoms with E-state index in [2.05, 4.69) is 9.73 Å². The zero-order valence-electron chi connectivity index (χ0n) is 9.08. The van der Waals surface area contributed by atoms with Gasteiger partial charge in [-0.3, -0.25) is 0 Å². The average molecular weight is 263 g/mol. The maximum atomic E-state index is 10.8. The van der Waals surface area contributed by atoms with Crippen LogP contribution in [-0.4, -0.2) is 80.8 Å². The van der Waals surface area contributed by atoms with Crippen LogP contribution in [0.4, 0.5) is 4.79 Å². The van der Waals surface area contributed by atoms with Crippen molar-refractivity contribution in [3.63, 3.8) is 0 Å². The van der Waals surface area contributed by atoms with Gasteiger partial charge in [-0.1, -0.05) is 0 Å². The van der Waals surface area contributed by atoms with Gasteiger partial charge in [0.1, 0.15) is 30.5 Å². The third kappa shape index (κ3) is 2.06. The molecule has 18 heavy (non-hydrogen) atoms. The number of amides is 1. The van der Waals surface area contributed by atoms with Gasteiger partial charge >= 0.3 is 6.09 Å². The Morgan fingerprint density at radius 3 is 2.33 bits per heavy atom. The van der Waals surface area contributed by atoms with Crippen LogP contribution in [0.5, 0.6) is 0 Å². The van der Waals surface area contributed by atoms with Gasteiger partial charge in [-0.2, -0.15) is 0 Å². The highest BCUT2D eigenvalue weighted by Crippen LogP contribution is 2.26. The number of hydrogen-bond acceptors (Lipinski definition) is 7. The van der Waals surface area contributed by atoms with Gasteiger partial charge in [-0.15, -0.1) is 4.99 Å². The second kappa shape index (κ2) is 4.78. The van der Waals surface area contributed by atoms with E-state index in [4.69, 9.17) is 9.84 Å². The summed E-state index contributed by atoms with van der Waals surface area (Å²) in [7, 11) is 0. The number of aliphatic imine (C=N–C) groups is 1. The molecule has 9 nitrogen and oxygen atoms in total. The Kier molecular flexibility index (Phi) is 3.50. The van der Waals surface area contributed by atoms with Crippen LogP contribution in [-0.2, 0) is 9.47 Å². The normalized spacial score (nSPS) is 44.7. The molecule has 0 spiro atoms. The topological polar surface area (TPSA) is 149 Å². The van der Waals surface area contributed by atoms with Crippen molar-refractivity contribution in [3.8, 4) is 0 Å². The Bertz CT molecular complexity index is 370. The molecule has 1 saturated heterocycles. The van der Waals surface area contributed by atoms with E-state index < -0.39 is 55.2 Å². The van der Waals surface area contributed by atoms with Crippen molar-refractivity contribution in [1.29, 1.82) is 0 Å². The SMILES string of the molecule is O=C1N=C(O)C(C2OC(CO)C(O)C(O)C2O)O1. The van der Waals surface area contributed by atoms with Gasteiger partial charge < -0.3 is 35.0 Å². The number of carbonyl (C=O) groups excluding carboxylic acids is 1. The van der Waals surface area contributed by atoms with Crippen LogP contribution in [0.1, 0.15) is 0 Å². The summed E-state index contributed by atoms with van der Waals surface area (Å²) in [4.78, 5) is 13.9. The molecule has 0 bridgehead atoms. The number of aliphatic hydroxyl groups excluding tert-OH is 5. The number of cyclic esters (lactones) is 1. The first-order chi connectivity index (χ1) is 8.45. The zero-order chi connectivity index (χ0) is 13.4. The standard InChI is InChI=1S/C9H13NO8/c11-1-2-3(12)4(13)5(14)6(17-2)7-8(15)10-9(16)18-7/h2-7,11-14H,1H2,(H,10,15,16). The number of hydrogen-bond donors (Lipinski definition) is 5. The number of carbonyl (C=O) groups is 1. The number of ether oxygens (including phenoxy) is 2. The third-order valence-electron chi connectivity index (χ3n) is 2.92. The van der Waals surface area contributed by atoms with Gasteiger partial charge in [0.2, 0.25) is 12.0 Å². The molecule has 0 saturated carbocycles. The smallest absolute Gasteiger partial charge is 0.437 e. The minimum atomic E-state index is -1.60. The average Bonchev–Trinajstić information content (AvgIpc) is 2.66. The van der Waals surface area contributed by atoms with E-state index >= 15 is 0 Å². The molecule has 0 aromatic rings. The molecule has 0 aromatic heterocycles. The van der Waals surface area contributed by atoms with E-state index in [1.165, 1.54) is 0 Å². The molecule has 0 aliphatic carbocycles. The highest BCUT2D eigenvalue weighted by atomic mass is 16.6. The molecular formula is C9H13NO8. The van der Waals surface area contributed by atoms with Gasteiger partial charge in [0.05, 0.1) is 6.61 Å². The lowest BCUT2D eigenvalue weighted by Gasteiger charge is -2.41. The van der Waals surface area contributed by atoms with Crippen LogP contribution in [0.2, 0.25) is 0 Å². The van der Waals surface area contributed by atoms with E-state index in [1.807, 2.05) is 0 Å². The first-order valence-electron chi connectivity index (χ1n) is 5.24. The molecular weight excluding hydrogens is 250 g/mol. The summed E-state index contributed by atoms with van der Waals surface area (Å²) in [5.41, 5.74) is 0. The Balaban J connectivity index is 2.17. The summed E-state index contributed by atoms with van der Waals surface area (Å²) in [6, 6.07) is 0. The third-order valence-corrected chi connectivity index (χ3v) is 2.92. The van der Waals surface area contributed by atoms with Crippen LogP contribution in [0.3, 0.4) is 0 Å². The number of nitrogens with zero attached hydrogens (tertiary/aromatic N) is 1. The minimum Gasteiger partial charge on any atom is -0.493 e. The van der Waals surface area contributed by atoms with Crippen molar-refractivity contribution in [2.75, 3.05) is 6.61 Å². The molecule has 2 aliphatic rings. The van der Waals surface area contributed by atoms with Crippen molar-refractivity contribution < 1.29 is 39.8 Å². The molecule has 2 heterocycles. The summed E-state index contributed by atoms with van der Waals surface area (Å²) in [6.45, 7) is -0.611. The van der Waals surface area contributed by atoms with Gasteiger partial charge in [-0.05, 0) is 0 Å². The second-order valence-electron chi connectivity index (χ2n) is 4.07. The van der Waals surface area contributed by atoms with Crippen LogP contribution in [0.15, 0.2) is 4.99 Å². The lowest BCUT2D eigenvalue weighted by atomic mass is 9.92. The molecule has 2 rings (SSSR count). The summed E-state index contributed by atoms with van der Waals surface area (Å²) < 4.78 is 9.71. The fraction of sp³-hybridized carbons (Fsp3) is 0.778. The molecule has 102 valence electrons. The van der Waals surface area contributed by atoms with Crippen LogP contribution in [0, 0.1) is 0 Å². The Hall–Kier alpha value is -1.26. The van der Waals surface area contributed by atoms with E-state index in [1.54, 1.807) is 0 Å². The predicted molar refractivity (Wildman–Crippen MR) is 54.1 cm³/mol. The van der Waals surface area contributed by atoms with E-state index in [0.29, 0.717) is 0 Å².